The number of nitrogens with zero attached hydrogens (tertiary/aromatic N) is 1. The predicted molar refractivity (Wildman–Crippen MR) is 129 cm³/mol. The van der Waals surface area contributed by atoms with Crippen LogP contribution in [0.15, 0.2) is 70.7 Å². The molecular weight excluding hydrogens is 436 g/mol. The van der Waals surface area contributed by atoms with Crippen LogP contribution in [0, 0.1) is 0 Å². The minimum absolute atomic E-state index is 0.0441. The van der Waals surface area contributed by atoms with Crippen molar-refractivity contribution in [2.24, 2.45) is 0 Å². The summed E-state index contributed by atoms with van der Waals surface area (Å²) in [6.07, 6.45) is 1.59. The zero-order valence-corrected chi connectivity index (χ0v) is 19.1. The molecule has 0 saturated carbocycles. The van der Waals surface area contributed by atoms with Gasteiger partial charge in [0.25, 0.3) is 5.91 Å². The molecule has 0 radical (unpaired) electrons. The molecule has 5 rings (SSSR count). The molecule has 0 unspecified atom stereocenters. The number of hydrogen-bond acceptors (Lipinski definition) is 6. The van der Waals surface area contributed by atoms with E-state index in [0.717, 1.165) is 49.7 Å². The van der Waals surface area contributed by atoms with E-state index in [2.05, 4.69) is 52.0 Å². The van der Waals surface area contributed by atoms with Gasteiger partial charge in [-0.15, -0.1) is 11.3 Å². The summed E-state index contributed by atoms with van der Waals surface area (Å²) < 4.78 is 18.0. The van der Waals surface area contributed by atoms with E-state index in [0.29, 0.717) is 12.3 Å². The fraction of sp³-hybridized carbons (Fsp3) is 0.269. The van der Waals surface area contributed by atoms with Crippen molar-refractivity contribution in [2.75, 3.05) is 32.9 Å². The highest BCUT2D eigenvalue weighted by molar-refractivity contribution is 7.17. The van der Waals surface area contributed by atoms with Crippen molar-refractivity contribution in [3.05, 3.63) is 77.6 Å². The molecule has 0 atom stereocenters. The van der Waals surface area contributed by atoms with Gasteiger partial charge in [0, 0.05) is 40.8 Å². The summed E-state index contributed by atoms with van der Waals surface area (Å²) in [6, 6.07) is 18.3. The SMILES string of the molecule is O=C(COc1ccc(-c2csc3ccccc23)cc1CN1CCOCC1)NCc1ccco1. The standard InChI is InChI=1S/C26H26N2O4S/c29-26(27-15-21-4-3-11-31-21)17-32-24-8-7-19(14-20(24)16-28-9-12-30-13-10-28)23-18-33-25-6-2-1-5-22(23)25/h1-8,11,14,18H,9-10,12-13,15-17H2,(H,27,29). The van der Waals surface area contributed by atoms with Crippen molar-refractivity contribution in [3.63, 3.8) is 0 Å². The number of furan rings is 1. The number of amides is 1. The lowest BCUT2D eigenvalue weighted by Gasteiger charge is -2.27. The molecule has 170 valence electrons. The Morgan fingerprint density at radius 3 is 2.82 bits per heavy atom. The lowest BCUT2D eigenvalue weighted by molar-refractivity contribution is -0.123. The molecular formula is C26H26N2O4S. The van der Waals surface area contributed by atoms with E-state index in [9.17, 15) is 4.79 Å². The van der Waals surface area contributed by atoms with Gasteiger partial charge in [0.2, 0.25) is 0 Å². The van der Waals surface area contributed by atoms with E-state index in [-0.39, 0.29) is 12.5 Å². The summed E-state index contributed by atoms with van der Waals surface area (Å²) in [5.74, 6) is 1.26. The van der Waals surface area contributed by atoms with Crippen LogP contribution in [0.2, 0.25) is 0 Å². The highest BCUT2D eigenvalue weighted by atomic mass is 32.1. The second-order valence-electron chi connectivity index (χ2n) is 8.00. The Hall–Kier alpha value is -3.13. The molecule has 0 bridgehead atoms. The fourth-order valence-corrected chi connectivity index (χ4v) is 4.98. The maximum absolute atomic E-state index is 12.3. The van der Waals surface area contributed by atoms with Crippen LogP contribution in [0.1, 0.15) is 11.3 Å². The zero-order valence-electron chi connectivity index (χ0n) is 18.3. The molecule has 6 nitrogen and oxygen atoms in total. The Morgan fingerprint density at radius 1 is 1.09 bits per heavy atom. The molecule has 3 heterocycles. The van der Waals surface area contributed by atoms with Gasteiger partial charge in [-0.25, -0.2) is 0 Å². The van der Waals surface area contributed by atoms with Gasteiger partial charge in [-0.2, -0.15) is 0 Å². The molecule has 1 saturated heterocycles. The second-order valence-corrected chi connectivity index (χ2v) is 8.91. The predicted octanol–water partition coefficient (Wildman–Crippen LogP) is 4.69. The molecule has 1 N–H and O–H groups in total. The third kappa shape index (κ3) is 5.27. The van der Waals surface area contributed by atoms with Crippen molar-refractivity contribution in [3.8, 4) is 16.9 Å². The fourth-order valence-electron chi connectivity index (χ4n) is 4.01. The van der Waals surface area contributed by atoms with Crippen LogP contribution in [0.4, 0.5) is 0 Å². The summed E-state index contributed by atoms with van der Waals surface area (Å²) in [5, 5.41) is 6.29. The number of fused-ring (bicyclic) bond motifs is 1. The van der Waals surface area contributed by atoms with Gasteiger partial charge in [-0.1, -0.05) is 24.3 Å². The molecule has 33 heavy (non-hydrogen) atoms. The summed E-state index contributed by atoms with van der Waals surface area (Å²) in [4.78, 5) is 14.7. The lowest BCUT2D eigenvalue weighted by Crippen LogP contribution is -2.35. The third-order valence-electron chi connectivity index (χ3n) is 5.75. The van der Waals surface area contributed by atoms with E-state index in [1.165, 1.54) is 15.6 Å². The summed E-state index contributed by atoms with van der Waals surface area (Å²) >= 11 is 1.75. The van der Waals surface area contributed by atoms with Crippen molar-refractivity contribution in [2.45, 2.75) is 13.1 Å². The summed E-state index contributed by atoms with van der Waals surface area (Å²) in [6.45, 7) is 4.30. The first kappa shape index (κ1) is 21.7. The Labute approximate surface area is 196 Å². The van der Waals surface area contributed by atoms with Crippen LogP contribution >= 0.6 is 11.3 Å². The Kier molecular flexibility index (Phi) is 6.71. The van der Waals surface area contributed by atoms with Crippen LogP contribution in [0.3, 0.4) is 0 Å². The molecule has 1 fully saturated rings. The molecule has 2 aromatic heterocycles. The quantitative estimate of drug-likeness (QED) is 0.412. The molecule has 2 aromatic carbocycles. The number of morpholine rings is 1. The van der Waals surface area contributed by atoms with Crippen molar-refractivity contribution >= 4 is 27.3 Å². The normalized spacial score (nSPS) is 14.4. The van der Waals surface area contributed by atoms with Crippen molar-refractivity contribution < 1.29 is 18.7 Å². The number of rotatable bonds is 8. The van der Waals surface area contributed by atoms with Gasteiger partial charge in [0.05, 0.1) is 26.0 Å². The lowest BCUT2D eigenvalue weighted by atomic mass is 10.0. The number of nitrogens with one attached hydrogen (secondary N) is 1. The first-order chi connectivity index (χ1) is 16.3. The Bertz CT molecular complexity index is 1210. The number of benzene rings is 2. The monoisotopic (exact) mass is 462 g/mol. The van der Waals surface area contributed by atoms with E-state index >= 15 is 0 Å². The topological polar surface area (TPSA) is 63.9 Å². The van der Waals surface area contributed by atoms with E-state index < -0.39 is 0 Å². The Morgan fingerprint density at radius 2 is 1.97 bits per heavy atom. The molecule has 1 aliphatic rings. The van der Waals surface area contributed by atoms with Crippen molar-refractivity contribution in [1.29, 1.82) is 0 Å². The van der Waals surface area contributed by atoms with Gasteiger partial charge in [0.15, 0.2) is 6.61 Å². The summed E-state index contributed by atoms with van der Waals surface area (Å²) in [7, 11) is 0. The van der Waals surface area contributed by atoms with Crippen LogP contribution in [0.25, 0.3) is 21.2 Å². The van der Waals surface area contributed by atoms with Gasteiger partial charge < -0.3 is 19.2 Å². The van der Waals surface area contributed by atoms with Gasteiger partial charge >= 0.3 is 0 Å². The number of carbonyl (C=O) groups excluding carboxylic acids is 1. The first-order valence-corrected chi connectivity index (χ1v) is 12.0. The summed E-state index contributed by atoms with van der Waals surface area (Å²) in [5.41, 5.74) is 3.45. The van der Waals surface area contributed by atoms with E-state index in [1.807, 2.05) is 12.1 Å². The van der Waals surface area contributed by atoms with Gasteiger partial charge in [-0.05, 0) is 41.3 Å². The third-order valence-corrected chi connectivity index (χ3v) is 6.71. The number of thiophene rings is 1. The van der Waals surface area contributed by atoms with Gasteiger partial charge in [-0.3, -0.25) is 9.69 Å². The maximum atomic E-state index is 12.3. The van der Waals surface area contributed by atoms with Crippen LogP contribution < -0.4 is 10.1 Å². The average Bonchev–Trinajstić information content (AvgIpc) is 3.53. The van der Waals surface area contributed by atoms with Crippen LogP contribution in [0.5, 0.6) is 5.75 Å². The van der Waals surface area contributed by atoms with E-state index in [4.69, 9.17) is 13.9 Å². The molecule has 7 heteroatoms. The second kappa shape index (κ2) is 10.2. The molecule has 4 aromatic rings. The zero-order chi connectivity index (χ0) is 22.5. The first-order valence-electron chi connectivity index (χ1n) is 11.1. The number of hydrogen-bond donors (Lipinski definition) is 1. The number of carbonyl (C=O) groups is 1. The van der Waals surface area contributed by atoms with E-state index in [1.54, 1.807) is 23.7 Å². The smallest absolute Gasteiger partial charge is 0.258 e. The highest BCUT2D eigenvalue weighted by Crippen LogP contribution is 2.36. The molecule has 1 amide bonds. The molecule has 0 spiro atoms. The van der Waals surface area contributed by atoms with Gasteiger partial charge in [0.1, 0.15) is 11.5 Å². The molecule has 1 aliphatic heterocycles. The minimum atomic E-state index is -0.184. The maximum Gasteiger partial charge on any atom is 0.258 e. The van der Waals surface area contributed by atoms with Crippen LogP contribution in [-0.2, 0) is 22.6 Å². The number of ether oxygens (including phenoxy) is 2. The average molecular weight is 463 g/mol. The largest absolute Gasteiger partial charge is 0.483 e. The highest BCUT2D eigenvalue weighted by Gasteiger charge is 2.16. The van der Waals surface area contributed by atoms with Crippen molar-refractivity contribution in [1.82, 2.24) is 10.2 Å². The van der Waals surface area contributed by atoms with Crippen LogP contribution in [-0.4, -0.2) is 43.7 Å². The molecule has 0 aliphatic carbocycles. The minimum Gasteiger partial charge on any atom is -0.483 e. The Balaban J connectivity index is 1.34.